The summed E-state index contributed by atoms with van der Waals surface area (Å²) >= 11 is 6.37. The van der Waals surface area contributed by atoms with E-state index in [4.69, 9.17) is 16.3 Å². The summed E-state index contributed by atoms with van der Waals surface area (Å²) in [6, 6.07) is 13.3. The van der Waals surface area contributed by atoms with Gasteiger partial charge >= 0.3 is 0 Å². The monoisotopic (exact) mass is 551 g/mol. The van der Waals surface area contributed by atoms with Gasteiger partial charge in [-0.1, -0.05) is 50.1 Å². The van der Waals surface area contributed by atoms with E-state index in [1.165, 1.54) is 11.4 Å². The Hall–Kier alpha value is -2.78. The van der Waals surface area contributed by atoms with Gasteiger partial charge in [-0.05, 0) is 55.2 Å². The topological polar surface area (TPSA) is 96.0 Å². The molecule has 0 unspecified atom stereocenters. The summed E-state index contributed by atoms with van der Waals surface area (Å²) in [5.41, 5.74) is 1.23. The van der Waals surface area contributed by atoms with Crippen LogP contribution in [0.3, 0.4) is 0 Å². The number of anilines is 1. The Morgan fingerprint density at radius 1 is 1.05 bits per heavy atom. The third-order valence-corrected chi connectivity index (χ3v) is 7.59. The van der Waals surface area contributed by atoms with Crippen LogP contribution >= 0.6 is 11.6 Å². The molecule has 0 aliphatic rings. The fraction of sp³-hybridized carbons (Fsp3) is 0.481. The summed E-state index contributed by atoms with van der Waals surface area (Å²) in [6.45, 7) is 4.77. The number of nitrogens with one attached hydrogen (secondary N) is 1. The van der Waals surface area contributed by atoms with Crippen LogP contribution < -0.4 is 14.4 Å². The fourth-order valence-corrected chi connectivity index (χ4v) is 5.15. The zero-order valence-corrected chi connectivity index (χ0v) is 23.6. The summed E-state index contributed by atoms with van der Waals surface area (Å²) in [5.74, 6) is 0.179. The molecule has 1 N–H and O–H groups in total. The van der Waals surface area contributed by atoms with E-state index in [0.717, 1.165) is 24.7 Å². The summed E-state index contributed by atoms with van der Waals surface area (Å²) in [5, 5.41) is 3.45. The van der Waals surface area contributed by atoms with Gasteiger partial charge in [-0.3, -0.25) is 13.9 Å². The number of hydrogen-bond acceptors (Lipinski definition) is 5. The van der Waals surface area contributed by atoms with Crippen molar-refractivity contribution in [1.29, 1.82) is 0 Å². The van der Waals surface area contributed by atoms with Crippen molar-refractivity contribution in [3.63, 3.8) is 0 Å². The molecule has 0 heterocycles. The molecule has 0 saturated heterocycles. The maximum atomic E-state index is 13.5. The maximum Gasteiger partial charge on any atom is 0.242 e. The molecular weight excluding hydrogens is 514 g/mol. The van der Waals surface area contributed by atoms with Crippen LogP contribution in [0.2, 0.25) is 5.02 Å². The first-order chi connectivity index (χ1) is 17.6. The highest BCUT2D eigenvalue weighted by atomic mass is 35.5. The van der Waals surface area contributed by atoms with Crippen molar-refractivity contribution in [2.75, 3.05) is 30.8 Å². The lowest BCUT2D eigenvalue weighted by Gasteiger charge is -2.31. The third-order valence-electron chi connectivity index (χ3n) is 6.03. The van der Waals surface area contributed by atoms with E-state index in [0.29, 0.717) is 29.4 Å². The van der Waals surface area contributed by atoms with Gasteiger partial charge in [-0.15, -0.1) is 0 Å². The van der Waals surface area contributed by atoms with Gasteiger partial charge in [0.05, 0.1) is 19.1 Å². The molecule has 2 amide bonds. The van der Waals surface area contributed by atoms with E-state index >= 15 is 0 Å². The highest BCUT2D eigenvalue weighted by Gasteiger charge is 2.29. The van der Waals surface area contributed by atoms with E-state index in [2.05, 4.69) is 5.32 Å². The zero-order chi connectivity index (χ0) is 27.4. The molecule has 2 aromatic rings. The molecule has 0 spiro atoms. The van der Waals surface area contributed by atoms with E-state index in [1.807, 2.05) is 32.0 Å². The highest BCUT2D eigenvalue weighted by Crippen LogP contribution is 2.23. The molecule has 37 heavy (non-hydrogen) atoms. The summed E-state index contributed by atoms with van der Waals surface area (Å²) in [7, 11) is -2.03. The number of carbonyl (C=O) groups excluding carboxylic acids is 2. The number of benzene rings is 2. The Bertz CT molecular complexity index is 1130. The number of unbranched alkanes of at least 4 members (excludes halogenated alkanes) is 1. The molecule has 204 valence electrons. The molecule has 2 aromatic carbocycles. The summed E-state index contributed by atoms with van der Waals surface area (Å²) in [6.07, 6.45) is 3.74. The Labute approximate surface area is 226 Å². The number of nitrogens with zero attached hydrogens (tertiary/aromatic N) is 2. The van der Waals surface area contributed by atoms with E-state index < -0.39 is 16.1 Å². The highest BCUT2D eigenvalue weighted by molar-refractivity contribution is 7.92. The quantitative estimate of drug-likeness (QED) is 0.326. The van der Waals surface area contributed by atoms with E-state index in [9.17, 15) is 18.0 Å². The minimum Gasteiger partial charge on any atom is -0.497 e. The number of hydrogen-bond donors (Lipinski definition) is 1. The Morgan fingerprint density at radius 2 is 1.73 bits per heavy atom. The van der Waals surface area contributed by atoms with Crippen molar-refractivity contribution < 1.29 is 22.7 Å². The molecule has 0 aliphatic carbocycles. The van der Waals surface area contributed by atoms with Gasteiger partial charge in [0.15, 0.2) is 0 Å². The third kappa shape index (κ3) is 9.23. The largest absolute Gasteiger partial charge is 0.497 e. The van der Waals surface area contributed by atoms with Crippen molar-refractivity contribution in [2.24, 2.45) is 0 Å². The van der Waals surface area contributed by atoms with Crippen molar-refractivity contribution in [3.8, 4) is 5.75 Å². The van der Waals surface area contributed by atoms with Gasteiger partial charge in [0, 0.05) is 31.1 Å². The summed E-state index contributed by atoms with van der Waals surface area (Å²) in [4.78, 5) is 28.0. The number of halogens is 1. The molecule has 0 radical (unpaired) electrons. The molecule has 0 fully saturated rings. The van der Waals surface area contributed by atoms with Crippen molar-refractivity contribution in [1.82, 2.24) is 10.2 Å². The molecule has 0 aromatic heterocycles. The standard InChI is InChI=1S/C27H38ClN3O5S/c1-5-7-18-29-27(33)25(6-2)30(20-21-11-8-9-12-24(21)28)26(32)13-10-19-31(37(4,34)35)22-14-16-23(36-3)17-15-22/h8-9,11-12,14-17,25H,5-7,10,13,18-20H2,1-4H3,(H,29,33)/t25-/m1/s1. The van der Waals surface area contributed by atoms with Crippen LogP contribution in [0.1, 0.15) is 51.5 Å². The molecule has 0 aliphatic heterocycles. The lowest BCUT2D eigenvalue weighted by atomic mass is 10.1. The first kappa shape index (κ1) is 30.4. The maximum absolute atomic E-state index is 13.5. The Balaban J connectivity index is 2.20. The zero-order valence-electron chi connectivity index (χ0n) is 22.1. The van der Waals surface area contributed by atoms with Gasteiger partial charge in [0.2, 0.25) is 21.8 Å². The number of rotatable bonds is 15. The first-order valence-electron chi connectivity index (χ1n) is 12.5. The van der Waals surface area contributed by atoms with Crippen LogP contribution in [-0.2, 0) is 26.2 Å². The van der Waals surface area contributed by atoms with E-state index in [-0.39, 0.29) is 37.7 Å². The molecule has 0 saturated carbocycles. The normalized spacial score (nSPS) is 12.0. The van der Waals surface area contributed by atoms with E-state index in [1.54, 1.807) is 35.2 Å². The number of carbonyl (C=O) groups is 2. The number of sulfonamides is 1. The molecule has 0 bridgehead atoms. The Kier molecular flexibility index (Phi) is 12.2. The SMILES string of the molecule is CCCCNC(=O)[C@@H](CC)N(Cc1ccccc1Cl)C(=O)CCCN(c1ccc(OC)cc1)S(C)(=O)=O. The fourth-order valence-electron chi connectivity index (χ4n) is 3.99. The average Bonchev–Trinajstić information content (AvgIpc) is 2.87. The van der Waals surface area contributed by atoms with Crippen LogP contribution in [-0.4, -0.2) is 57.6 Å². The van der Waals surface area contributed by atoms with Crippen molar-refractivity contribution in [3.05, 3.63) is 59.1 Å². The van der Waals surface area contributed by atoms with Crippen LogP contribution in [0.5, 0.6) is 5.75 Å². The number of amides is 2. The molecule has 8 nitrogen and oxygen atoms in total. The van der Waals surface area contributed by atoms with Gasteiger partial charge in [-0.2, -0.15) is 0 Å². The van der Waals surface area contributed by atoms with Gasteiger partial charge < -0.3 is 15.0 Å². The minimum atomic E-state index is -3.57. The lowest BCUT2D eigenvalue weighted by molar-refractivity contribution is -0.141. The van der Waals surface area contributed by atoms with Crippen molar-refractivity contribution in [2.45, 2.75) is 58.5 Å². The van der Waals surface area contributed by atoms with Crippen LogP contribution in [0.15, 0.2) is 48.5 Å². The molecule has 10 heteroatoms. The lowest BCUT2D eigenvalue weighted by Crippen LogP contribution is -2.49. The van der Waals surface area contributed by atoms with Crippen LogP contribution in [0.25, 0.3) is 0 Å². The summed E-state index contributed by atoms with van der Waals surface area (Å²) < 4.78 is 31.4. The molecular formula is C27H38ClN3O5S. The van der Waals surface area contributed by atoms with Crippen molar-refractivity contribution >= 4 is 39.1 Å². The number of ether oxygens (including phenoxy) is 1. The van der Waals surface area contributed by atoms with Crippen LogP contribution in [0.4, 0.5) is 5.69 Å². The number of methoxy groups -OCH3 is 1. The smallest absolute Gasteiger partial charge is 0.242 e. The second-order valence-corrected chi connectivity index (χ2v) is 11.1. The predicted octanol–water partition coefficient (Wildman–Crippen LogP) is 4.62. The molecule has 2 rings (SSSR count). The van der Waals surface area contributed by atoms with Gasteiger partial charge in [0.25, 0.3) is 0 Å². The predicted molar refractivity (Wildman–Crippen MR) is 148 cm³/mol. The van der Waals surface area contributed by atoms with Crippen LogP contribution in [0, 0.1) is 0 Å². The first-order valence-corrected chi connectivity index (χ1v) is 14.8. The average molecular weight is 552 g/mol. The second kappa shape index (κ2) is 14.8. The van der Waals surface area contributed by atoms with Gasteiger partial charge in [-0.25, -0.2) is 8.42 Å². The van der Waals surface area contributed by atoms with Gasteiger partial charge in [0.1, 0.15) is 11.8 Å². The second-order valence-electron chi connectivity index (χ2n) is 8.82. The molecule has 1 atom stereocenters. The minimum absolute atomic E-state index is 0.0748. The Morgan fingerprint density at radius 3 is 2.30 bits per heavy atom.